The number of aryl methyl sites for hydroxylation is 1. The van der Waals surface area contributed by atoms with Gasteiger partial charge in [-0.2, -0.15) is 0 Å². The van der Waals surface area contributed by atoms with Gasteiger partial charge in [0.1, 0.15) is 10.9 Å². The Hall–Kier alpha value is -3.75. The molecular weight excluding hydrogens is 490 g/mol. The first-order valence-corrected chi connectivity index (χ1v) is 12.7. The summed E-state index contributed by atoms with van der Waals surface area (Å²) >= 11 is 6.71. The SMILES string of the molecule is Cc1cccc(NC(=O)CN2C(=O)/C(=C3\SC(=S)N([C@H](C)c4ccccc4)C3=O)c3ccccc32)c1. The third-order valence-corrected chi connectivity index (χ3v) is 7.62. The number of hydrogen-bond acceptors (Lipinski definition) is 5. The van der Waals surface area contributed by atoms with Gasteiger partial charge in [0.15, 0.2) is 0 Å². The van der Waals surface area contributed by atoms with E-state index in [0.717, 1.165) is 22.9 Å². The average Bonchev–Trinajstić information content (AvgIpc) is 3.31. The minimum Gasteiger partial charge on any atom is -0.325 e. The Morgan fingerprint density at radius 1 is 0.972 bits per heavy atom. The van der Waals surface area contributed by atoms with Gasteiger partial charge in [0.2, 0.25) is 5.91 Å². The molecule has 2 aliphatic heterocycles. The van der Waals surface area contributed by atoms with Gasteiger partial charge in [-0.15, -0.1) is 0 Å². The molecule has 0 radical (unpaired) electrons. The Kier molecular flexibility index (Phi) is 6.47. The van der Waals surface area contributed by atoms with E-state index in [-0.39, 0.29) is 35.9 Å². The number of benzene rings is 3. The summed E-state index contributed by atoms with van der Waals surface area (Å²) in [6.07, 6.45) is 0. The van der Waals surface area contributed by atoms with Gasteiger partial charge in [0.05, 0.1) is 22.2 Å². The molecule has 180 valence electrons. The number of rotatable bonds is 5. The molecule has 0 spiro atoms. The van der Waals surface area contributed by atoms with Gasteiger partial charge < -0.3 is 5.32 Å². The van der Waals surface area contributed by atoms with E-state index in [4.69, 9.17) is 12.2 Å². The topological polar surface area (TPSA) is 69.7 Å². The first-order valence-electron chi connectivity index (χ1n) is 11.5. The van der Waals surface area contributed by atoms with E-state index >= 15 is 0 Å². The van der Waals surface area contributed by atoms with Gasteiger partial charge in [-0.1, -0.05) is 84.6 Å². The van der Waals surface area contributed by atoms with Crippen molar-refractivity contribution in [2.75, 3.05) is 16.8 Å². The van der Waals surface area contributed by atoms with Gasteiger partial charge in [0.25, 0.3) is 11.8 Å². The van der Waals surface area contributed by atoms with E-state index in [9.17, 15) is 14.4 Å². The highest BCUT2D eigenvalue weighted by Crippen LogP contribution is 2.46. The predicted octanol–water partition coefficient (Wildman–Crippen LogP) is 5.31. The van der Waals surface area contributed by atoms with Gasteiger partial charge in [-0.05, 0) is 43.2 Å². The van der Waals surface area contributed by atoms with Crippen LogP contribution in [0.3, 0.4) is 0 Å². The molecular formula is C28H23N3O3S2. The predicted molar refractivity (Wildman–Crippen MR) is 147 cm³/mol. The van der Waals surface area contributed by atoms with Gasteiger partial charge in [-0.25, -0.2) is 0 Å². The van der Waals surface area contributed by atoms with E-state index in [1.807, 2.05) is 74.5 Å². The number of carbonyl (C=O) groups excluding carboxylic acids is 3. The smallest absolute Gasteiger partial charge is 0.267 e. The van der Waals surface area contributed by atoms with Crippen molar-refractivity contribution in [2.45, 2.75) is 19.9 Å². The fourth-order valence-electron chi connectivity index (χ4n) is 4.47. The summed E-state index contributed by atoms with van der Waals surface area (Å²) in [6, 6.07) is 24.0. The molecule has 3 aromatic carbocycles. The van der Waals surface area contributed by atoms with Gasteiger partial charge >= 0.3 is 0 Å². The summed E-state index contributed by atoms with van der Waals surface area (Å²) in [7, 11) is 0. The second kappa shape index (κ2) is 9.72. The van der Waals surface area contributed by atoms with E-state index in [1.165, 1.54) is 4.90 Å². The fraction of sp³-hybridized carbons (Fsp3) is 0.143. The molecule has 3 aromatic rings. The zero-order valence-electron chi connectivity index (χ0n) is 19.7. The lowest BCUT2D eigenvalue weighted by Gasteiger charge is -2.23. The highest BCUT2D eigenvalue weighted by Gasteiger charge is 2.43. The second-order valence-electron chi connectivity index (χ2n) is 8.66. The highest BCUT2D eigenvalue weighted by atomic mass is 32.2. The molecule has 3 amide bonds. The first kappa shape index (κ1) is 24.0. The minimum atomic E-state index is -0.386. The number of carbonyl (C=O) groups is 3. The quantitative estimate of drug-likeness (QED) is 0.370. The molecule has 1 atom stereocenters. The van der Waals surface area contributed by atoms with Crippen LogP contribution in [0.5, 0.6) is 0 Å². The number of nitrogens with zero attached hydrogens (tertiary/aromatic N) is 2. The number of fused-ring (bicyclic) bond motifs is 1. The van der Waals surface area contributed by atoms with Crippen LogP contribution in [0.1, 0.15) is 29.7 Å². The zero-order valence-corrected chi connectivity index (χ0v) is 21.4. The lowest BCUT2D eigenvalue weighted by Crippen LogP contribution is -2.35. The van der Waals surface area contributed by atoms with Crippen molar-refractivity contribution < 1.29 is 14.4 Å². The molecule has 0 aliphatic carbocycles. The molecule has 6 nitrogen and oxygen atoms in total. The maximum absolute atomic E-state index is 13.7. The Morgan fingerprint density at radius 3 is 2.44 bits per heavy atom. The van der Waals surface area contributed by atoms with Crippen LogP contribution < -0.4 is 10.2 Å². The molecule has 1 N–H and O–H groups in total. The summed E-state index contributed by atoms with van der Waals surface area (Å²) in [5, 5.41) is 2.85. The molecule has 0 unspecified atom stereocenters. The molecule has 2 heterocycles. The largest absolute Gasteiger partial charge is 0.325 e. The summed E-state index contributed by atoms with van der Waals surface area (Å²) < 4.78 is 0.403. The van der Waals surface area contributed by atoms with Crippen LogP contribution >= 0.6 is 24.0 Å². The Bertz CT molecular complexity index is 1430. The second-order valence-corrected chi connectivity index (χ2v) is 10.3. The first-order chi connectivity index (χ1) is 17.3. The van der Waals surface area contributed by atoms with Crippen molar-refractivity contribution in [3.05, 3.63) is 100 Å². The number of thioether (sulfide) groups is 1. The number of amides is 3. The summed E-state index contributed by atoms with van der Waals surface area (Å²) in [5.41, 5.74) is 4.14. The van der Waals surface area contributed by atoms with Crippen LogP contribution in [-0.4, -0.2) is 33.5 Å². The molecule has 2 aliphatic rings. The van der Waals surface area contributed by atoms with E-state index in [0.29, 0.717) is 26.2 Å². The molecule has 8 heteroatoms. The third kappa shape index (κ3) is 4.34. The van der Waals surface area contributed by atoms with Crippen LogP contribution in [0.2, 0.25) is 0 Å². The van der Waals surface area contributed by atoms with Crippen LogP contribution in [0.4, 0.5) is 11.4 Å². The summed E-state index contributed by atoms with van der Waals surface area (Å²) in [5.74, 6) is -1.01. The van der Waals surface area contributed by atoms with Crippen LogP contribution in [0.15, 0.2) is 83.8 Å². The molecule has 0 saturated carbocycles. The summed E-state index contributed by atoms with van der Waals surface area (Å²) in [4.78, 5) is 43.4. The third-order valence-electron chi connectivity index (χ3n) is 6.22. The van der Waals surface area contributed by atoms with Crippen molar-refractivity contribution in [2.24, 2.45) is 0 Å². The number of thiocarbonyl (C=S) groups is 1. The minimum absolute atomic E-state index is 0.173. The van der Waals surface area contributed by atoms with Crippen molar-refractivity contribution in [1.29, 1.82) is 0 Å². The Morgan fingerprint density at radius 2 is 1.69 bits per heavy atom. The van der Waals surface area contributed by atoms with Crippen molar-refractivity contribution >= 4 is 63.0 Å². The lowest BCUT2D eigenvalue weighted by atomic mass is 10.1. The standard InChI is InChI=1S/C28H23N3O3S2/c1-17-9-8-12-20(15-17)29-23(32)16-30-22-14-7-6-13-21(22)24(26(30)33)25-27(34)31(28(35)36-25)18(2)19-10-4-3-5-11-19/h3-15,18H,16H2,1-2H3,(H,29,32)/b25-24-/t18-/m1/s1. The van der Waals surface area contributed by atoms with E-state index in [2.05, 4.69) is 5.32 Å². The maximum atomic E-state index is 13.7. The van der Waals surface area contributed by atoms with Crippen LogP contribution in [0.25, 0.3) is 5.57 Å². The number of nitrogens with one attached hydrogen (secondary N) is 1. The van der Waals surface area contributed by atoms with E-state index in [1.54, 1.807) is 23.1 Å². The fourth-order valence-corrected chi connectivity index (χ4v) is 5.96. The van der Waals surface area contributed by atoms with Crippen molar-refractivity contribution in [1.82, 2.24) is 4.90 Å². The molecule has 1 saturated heterocycles. The summed E-state index contributed by atoms with van der Waals surface area (Å²) in [6.45, 7) is 3.69. The van der Waals surface area contributed by atoms with Crippen LogP contribution in [0, 0.1) is 6.92 Å². The van der Waals surface area contributed by atoms with Crippen molar-refractivity contribution in [3.63, 3.8) is 0 Å². The monoisotopic (exact) mass is 513 g/mol. The average molecular weight is 514 g/mol. The van der Waals surface area contributed by atoms with Gasteiger partial charge in [-0.3, -0.25) is 24.2 Å². The number of hydrogen-bond donors (Lipinski definition) is 1. The number of para-hydroxylation sites is 1. The van der Waals surface area contributed by atoms with E-state index < -0.39 is 0 Å². The molecule has 0 aromatic heterocycles. The molecule has 1 fully saturated rings. The molecule has 0 bridgehead atoms. The van der Waals surface area contributed by atoms with Crippen LogP contribution in [-0.2, 0) is 14.4 Å². The number of anilines is 2. The highest BCUT2D eigenvalue weighted by molar-refractivity contribution is 8.26. The zero-order chi connectivity index (χ0) is 25.4. The van der Waals surface area contributed by atoms with Gasteiger partial charge in [0, 0.05) is 11.3 Å². The normalized spacial score (nSPS) is 18.0. The maximum Gasteiger partial charge on any atom is 0.267 e. The molecule has 5 rings (SSSR count). The lowest BCUT2D eigenvalue weighted by molar-refractivity contribution is -0.123. The Labute approximate surface area is 219 Å². The Balaban J connectivity index is 1.46. The van der Waals surface area contributed by atoms with Crippen molar-refractivity contribution in [3.8, 4) is 0 Å². The molecule has 36 heavy (non-hydrogen) atoms.